The van der Waals surface area contributed by atoms with Crippen LogP contribution in [0.4, 0.5) is 0 Å². The highest BCUT2D eigenvalue weighted by Gasteiger charge is 2.33. The van der Waals surface area contributed by atoms with Gasteiger partial charge in [0.15, 0.2) is 0 Å². The van der Waals surface area contributed by atoms with Gasteiger partial charge in [0.05, 0.1) is 12.1 Å². The molecule has 5 heteroatoms. The molecule has 2 N–H and O–H groups in total. The molecule has 118 valence electrons. The van der Waals surface area contributed by atoms with Crippen molar-refractivity contribution in [1.29, 1.82) is 0 Å². The fourth-order valence-corrected chi connectivity index (χ4v) is 2.71. The third kappa shape index (κ3) is 4.70. The quantitative estimate of drug-likeness (QED) is 0.846. The lowest BCUT2D eigenvalue weighted by Crippen LogP contribution is -2.52. The number of carbonyl (C=O) groups is 1. The number of amides is 1. The molecule has 0 aromatic heterocycles. The van der Waals surface area contributed by atoms with E-state index >= 15 is 0 Å². The summed E-state index contributed by atoms with van der Waals surface area (Å²) in [4.78, 5) is 12.2. The van der Waals surface area contributed by atoms with Gasteiger partial charge in [-0.2, -0.15) is 0 Å². The second kappa shape index (κ2) is 8.37. The third-order valence-corrected chi connectivity index (χ3v) is 3.96. The van der Waals surface area contributed by atoms with E-state index < -0.39 is 0 Å². The Morgan fingerprint density at radius 1 is 1.38 bits per heavy atom. The van der Waals surface area contributed by atoms with Crippen molar-refractivity contribution in [2.24, 2.45) is 0 Å². The Hall–Kier alpha value is -1.10. The first kappa shape index (κ1) is 18.0. The van der Waals surface area contributed by atoms with Crippen LogP contribution in [0, 0.1) is 0 Å². The van der Waals surface area contributed by atoms with E-state index in [-0.39, 0.29) is 23.9 Å². The summed E-state index contributed by atoms with van der Waals surface area (Å²) in [7, 11) is 1.70. The van der Waals surface area contributed by atoms with Gasteiger partial charge >= 0.3 is 0 Å². The number of methoxy groups -OCH3 is 1. The smallest absolute Gasteiger partial charge is 0.251 e. The molecule has 0 aliphatic carbocycles. The van der Waals surface area contributed by atoms with Crippen LogP contribution in [-0.2, 0) is 11.2 Å². The highest BCUT2D eigenvalue weighted by atomic mass is 35.5. The molecule has 1 aromatic carbocycles. The summed E-state index contributed by atoms with van der Waals surface area (Å²) >= 11 is 0. The molecule has 1 aliphatic heterocycles. The summed E-state index contributed by atoms with van der Waals surface area (Å²) in [6, 6.07) is 7.79. The molecule has 1 atom stereocenters. The molecule has 0 radical (unpaired) electrons. The lowest BCUT2D eigenvalue weighted by Gasteiger charge is -2.29. The Balaban J connectivity index is 0.00000220. The SMILES string of the molecule is CCc1ccc(C(=O)NCC2(COC)CCCN2)cc1.Cl. The zero-order valence-electron chi connectivity index (χ0n) is 12.8. The van der Waals surface area contributed by atoms with E-state index in [2.05, 4.69) is 17.6 Å². The van der Waals surface area contributed by atoms with E-state index in [0.29, 0.717) is 18.7 Å². The summed E-state index contributed by atoms with van der Waals surface area (Å²) < 4.78 is 5.28. The average molecular weight is 313 g/mol. The van der Waals surface area contributed by atoms with Crippen molar-refractivity contribution in [1.82, 2.24) is 10.6 Å². The number of hydrogen-bond acceptors (Lipinski definition) is 3. The first-order chi connectivity index (χ1) is 9.69. The standard InChI is InChI=1S/C16H24N2O2.ClH/c1-3-13-5-7-14(8-6-13)15(19)17-11-16(12-20-2)9-4-10-18-16;/h5-8,18H,3-4,9-12H2,1-2H3,(H,17,19);1H. The van der Waals surface area contributed by atoms with Gasteiger partial charge in [0.25, 0.3) is 5.91 Å². The molecule has 1 saturated heterocycles. The monoisotopic (exact) mass is 312 g/mol. The average Bonchev–Trinajstić information content (AvgIpc) is 2.94. The van der Waals surface area contributed by atoms with Gasteiger partial charge in [-0.1, -0.05) is 19.1 Å². The van der Waals surface area contributed by atoms with E-state index in [1.165, 1.54) is 5.56 Å². The molecule has 1 fully saturated rings. The van der Waals surface area contributed by atoms with Gasteiger partial charge in [-0.15, -0.1) is 12.4 Å². The summed E-state index contributed by atoms with van der Waals surface area (Å²) in [5.74, 6) is -0.0168. The van der Waals surface area contributed by atoms with Crippen LogP contribution in [0.15, 0.2) is 24.3 Å². The van der Waals surface area contributed by atoms with Crippen LogP contribution in [0.3, 0.4) is 0 Å². The van der Waals surface area contributed by atoms with Crippen molar-refractivity contribution < 1.29 is 9.53 Å². The van der Waals surface area contributed by atoms with Crippen molar-refractivity contribution >= 4 is 18.3 Å². The lowest BCUT2D eigenvalue weighted by molar-refractivity contribution is 0.0892. The highest BCUT2D eigenvalue weighted by molar-refractivity contribution is 5.94. The van der Waals surface area contributed by atoms with E-state index in [4.69, 9.17) is 4.74 Å². The minimum atomic E-state index is -0.103. The van der Waals surface area contributed by atoms with Crippen LogP contribution in [0.5, 0.6) is 0 Å². The van der Waals surface area contributed by atoms with Crippen LogP contribution in [0.25, 0.3) is 0 Å². The summed E-state index contributed by atoms with van der Waals surface area (Å²) in [5.41, 5.74) is 1.86. The molecule has 21 heavy (non-hydrogen) atoms. The van der Waals surface area contributed by atoms with E-state index in [1.54, 1.807) is 7.11 Å². The Morgan fingerprint density at radius 2 is 2.10 bits per heavy atom. The minimum absolute atomic E-state index is 0. The van der Waals surface area contributed by atoms with Crippen LogP contribution in [0.1, 0.15) is 35.7 Å². The van der Waals surface area contributed by atoms with Crippen molar-refractivity contribution in [2.45, 2.75) is 31.7 Å². The van der Waals surface area contributed by atoms with E-state index in [0.717, 1.165) is 25.8 Å². The largest absolute Gasteiger partial charge is 0.383 e. The molecule has 2 rings (SSSR count). The molecular formula is C16H25ClN2O2. The van der Waals surface area contributed by atoms with Gasteiger partial charge in [-0.25, -0.2) is 0 Å². The zero-order chi connectivity index (χ0) is 14.4. The summed E-state index contributed by atoms with van der Waals surface area (Å²) in [6.07, 6.45) is 3.16. The Labute approximate surface area is 133 Å². The van der Waals surface area contributed by atoms with Gasteiger partial charge in [-0.3, -0.25) is 4.79 Å². The number of hydrogen-bond donors (Lipinski definition) is 2. The molecule has 0 bridgehead atoms. The molecule has 1 aliphatic rings. The number of nitrogens with one attached hydrogen (secondary N) is 2. The number of benzene rings is 1. The molecule has 1 unspecified atom stereocenters. The van der Waals surface area contributed by atoms with Crippen molar-refractivity contribution in [2.75, 3.05) is 26.8 Å². The number of ether oxygens (including phenoxy) is 1. The van der Waals surface area contributed by atoms with Crippen LogP contribution in [-0.4, -0.2) is 38.3 Å². The van der Waals surface area contributed by atoms with Gasteiger partial charge in [0, 0.05) is 19.2 Å². The maximum Gasteiger partial charge on any atom is 0.251 e. The first-order valence-electron chi connectivity index (χ1n) is 7.30. The molecule has 4 nitrogen and oxygen atoms in total. The van der Waals surface area contributed by atoms with Crippen molar-refractivity contribution in [3.8, 4) is 0 Å². The highest BCUT2D eigenvalue weighted by Crippen LogP contribution is 2.19. The summed E-state index contributed by atoms with van der Waals surface area (Å²) in [6.45, 7) is 4.33. The van der Waals surface area contributed by atoms with Gasteiger partial charge in [0.2, 0.25) is 0 Å². The molecule has 0 spiro atoms. The molecule has 1 heterocycles. The predicted octanol–water partition coefficient (Wildman–Crippen LogP) is 2.17. The number of halogens is 1. The zero-order valence-corrected chi connectivity index (χ0v) is 13.6. The molecule has 1 amide bonds. The molecular weight excluding hydrogens is 288 g/mol. The molecule has 0 saturated carbocycles. The van der Waals surface area contributed by atoms with Crippen LogP contribution >= 0.6 is 12.4 Å². The fourth-order valence-electron chi connectivity index (χ4n) is 2.71. The van der Waals surface area contributed by atoms with Crippen molar-refractivity contribution in [3.63, 3.8) is 0 Å². The van der Waals surface area contributed by atoms with E-state index in [9.17, 15) is 4.79 Å². The normalized spacial score (nSPS) is 20.9. The Kier molecular flexibility index (Phi) is 7.15. The second-order valence-corrected chi connectivity index (χ2v) is 5.48. The maximum atomic E-state index is 12.2. The number of aryl methyl sites for hydroxylation is 1. The predicted molar refractivity (Wildman–Crippen MR) is 87.2 cm³/mol. The maximum absolute atomic E-state index is 12.2. The van der Waals surface area contributed by atoms with Crippen molar-refractivity contribution in [3.05, 3.63) is 35.4 Å². The summed E-state index contributed by atoms with van der Waals surface area (Å²) in [5, 5.41) is 6.48. The number of carbonyl (C=O) groups excluding carboxylic acids is 1. The first-order valence-corrected chi connectivity index (χ1v) is 7.30. The van der Waals surface area contributed by atoms with Gasteiger partial charge in [-0.05, 0) is 43.5 Å². The molecule has 1 aromatic rings. The topological polar surface area (TPSA) is 50.4 Å². The van der Waals surface area contributed by atoms with Gasteiger partial charge in [0.1, 0.15) is 0 Å². The number of rotatable bonds is 6. The Bertz CT molecular complexity index is 442. The lowest BCUT2D eigenvalue weighted by atomic mass is 9.98. The van der Waals surface area contributed by atoms with E-state index in [1.807, 2.05) is 24.3 Å². The Morgan fingerprint density at radius 3 is 2.62 bits per heavy atom. The third-order valence-electron chi connectivity index (χ3n) is 3.96. The minimum Gasteiger partial charge on any atom is -0.383 e. The van der Waals surface area contributed by atoms with Gasteiger partial charge < -0.3 is 15.4 Å². The van der Waals surface area contributed by atoms with Crippen LogP contribution in [0.2, 0.25) is 0 Å². The fraction of sp³-hybridized carbons (Fsp3) is 0.562. The van der Waals surface area contributed by atoms with Crippen LogP contribution < -0.4 is 10.6 Å². The second-order valence-electron chi connectivity index (χ2n) is 5.48.